The van der Waals surface area contributed by atoms with Gasteiger partial charge in [0.1, 0.15) is 5.82 Å². The predicted octanol–water partition coefficient (Wildman–Crippen LogP) is 4.42. The average molecular weight is 271 g/mol. The molecule has 0 saturated heterocycles. The van der Waals surface area contributed by atoms with Crippen molar-refractivity contribution >= 4 is 28.1 Å². The van der Waals surface area contributed by atoms with Crippen LogP contribution in [0.2, 0.25) is 5.02 Å². The Morgan fingerprint density at radius 2 is 2.18 bits per heavy atom. The molecule has 90 valence electrons. The highest BCUT2D eigenvalue weighted by Gasteiger charge is 2.07. The summed E-state index contributed by atoms with van der Waals surface area (Å²) in [5, 5.41) is 6.12. The number of rotatable bonds is 3. The molecular formula is C12H12ClFN2S. The summed E-state index contributed by atoms with van der Waals surface area (Å²) in [6, 6.07) is 4.96. The van der Waals surface area contributed by atoms with Crippen LogP contribution in [-0.2, 0) is 0 Å². The molecule has 17 heavy (non-hydrogen) atoms. The van der Waals surface area contributed by atoms with Crippen molar-refractivity contribution < 1.29 is 4.39 Å². The van der Waals surface area contributed by atoms with Crippen LogP contribution >= 0.6 is 22.9 Å². The molecule has 5 heteroatoms. The second-order valence-electron chi connectivity index (χ2n) is 3.97. The van der Waals surface area contributed by atoms with Crippen LogP contribution in [0.25, 0.3) is 11.3 Å². The Hall–Kier alpha value is -1.13. The third-order valence-corrected chi connectivity index (χ3v) is 3.19. The van der Waals surface area contributed by atoms with Crippen LogP contribution in [0.1, 0.15) is 13.8 Å². The Bertz CT molecular complexity index is 525. The lowest BCUT2D eigenvalue weighted by Gasteiger charge is -2.04. The number of thiazole rings is 1. The molecule has 0 aliphatic heterocycles. The Balaban J connectivity index is 2.27. The number of nitrogens with zero attached hydrogens (tertiary/aromatic N) is 1. The minimum Gasteiger partial charge on any atom is -0.359 e. The third-order valence-electron chi connectivity index (χ3n) is 2.13. The summed E-state index contributed by atoms with van der Waals surface area (Å²) in [5.74, 6) is -0.411. The monoisotopic (exact) mass is 270 g/mol. The van der Waals surface area contributed by atoms with Gasteiger partial charge in [-0.3, -0.25) is 0 Å². The number of anilines is 1. The molecule has 0 atom stereocenters. The molecule has 2 aromatic rings. The first-order chi connectivity index (χ1) is 8.06. The fraction of sp³-hybridized carbons (Fsp3) is 0.250. The lowest BCUT2D eigenvalue weighted by molar-refractivity contribution is 0.628. The van der Waals surface area contributed by atoms with Crippen LogP contribution in [0.3, 0.4) is 0 Å². The van der Waals surface area contributed by atoms with Gasteiger partial charge in [0.25, 0.3) is 0 Å². The maximum Gasteiger partial charge on any atom is 0.183 e. The van der Waals surface area contributed by atoms with E-state index in [0.29, 0.717) is 6.04 Å². The Labute approximate surface area is 108 Å². The number of aromatic nitrogens is 1. The molecule has 0 unspecified atom stereocenters. The van der Waals surface area contributed by atoms with Gasteiger partial charge in [-0.25, -0.2) is 9.37 Å². The Morgan fingerprint density at radius 3 is 2.82 bits per heavy atom. The van der Waals surface area contributed by atoms with Gasteiger partial charge in [-0.2, -0.15) is 0 Å². The van der Waals surface area contributed by atoms with E-state index in [2.05, 4.69) is 24.1 Å². The summed E-state index contributed by atoms with van der Waals surface area (Å²) in [6.07, 6.45) is 0. The molecule has 2 rings (SSSR count). The second kappa shape index (κ2) is 5.02. The molecule has 0 aliphatic rings. The first-order valence-corrected chi connectivity index (χ1v) is 6.49. The van der Waals surface area contributed by atoms with Gasteiger partial charge < -0.3 is 5.32 Å². The molecule has 1 N–H and O–H groups in total. The average Bonchev–Trinajstić information content (AvgIpc) is 2.69. The largest absolute Gasteiger partial charge is 0.359 e. The first-order valence-electron chi connectivity index (χ1n) is 5.24. The molecule has 2 nitrogen and oxygen atoms in total. The smallest absolute Gasteiger partial charge is 0.183 e. The van der Waals surface area contributed by atoms with Gasteiger partial charge in [0.05, 0.1) is 10.7 Å². The molecule has 1 heterocycles. The molecule has 1 aromatic carbocycles. The molecule has 0 fully saturated rings. The van der Waals surface area contributed by atoms with Gasteiger partial charge in [-0.05, 0) is 32.0 Å². The first kappa shape index (κ1) is 12.3. The van der Waals surface area contributed by atoms with Gasteiger partial charge in [0.2, 0.25) is 0 Å². The lowest BCUT2D eigenvalue weighted by atomic mass is 10.2. The standard InChI is InChI=1S/C12H12ClFN2S/c1-7(2)15-12-16-11(6-17-12)8-3-4-10(14)9(13)5-8/h3-7H,1-2H3,(H,15,16). The summed E-state index contributed by atoms with van der Waals surface area (Å²) in [7, 11) is 0. The fourth-order valence-corrected chi connectivity index (χ4v) is 2.42. The van der Waals surface area contributed by atoms with Crippen LogP contribution in [-0.4, -0.2) is 11.0 Å². The topological polar surface area (TPSA) is 24.9 Å². The van der Waals surface area contributed by atoms with E-state index in [1.165, 1.54) is 17.4 Å². The predicted molar refractivity (Wildman–Crippen MR) is 71.3 cm³/mol. The van der Waals surface area contributed by atoms with Crippen LogP contribution in [0.15, 0.2) is 23.6 Å². The molecule has 0 amide bonds. The minimum atomic E-state index is -0.411. The van der Waals surface area contributed by atoms with Crippen LogP contribution in [0.5, 0.6) is 0 Å². The summed E-state index contributed by atoms with van der Waals surface area (Å²) in [4.78, 5) is 4.42. The van der Waals surface area contributed by atoms with Gasteiger partial charge in [-0.15, -0.1) is 11.3 Å². The Kier molecular flexibility index (Phi) is 3.64. The molecule has 0 saturated carbocycles. The summed E-state index contributed by atoms with van der Waals surface area (Å²) >= 11 is 7.26. The van der Waals surface area contributed by atoms with Crippen LogP contribution in [0, 0.1) is 5.82 Å². The number of halogens is 2. The van der Waals surface area contributed by atoms with E-state index in [9.17, 15) is 4.39 Å². The van der Waals surface area contributed by atoms with Crippen molar-refractivity contribution in [2.24, 2.45) is 0 Å². The number of hydrogen-bond acceptors (Lipinski definition) is 3. The molecular weight excluding hydrogens is 259 g/mol. The van der Waals surface area contributed by atoms with E-state index >= 15 is 0 Å². The lowest BCUT2D eigenvalue weighted by Crippen LogP contribution is -2.08. The normalized spacial score (nSPS) is 10.9. The van der Waals surface area contributed by atoms with Crippen LogP contribution < -0.4 is 5.32 Å². The van der Waals surface area contributed by atoms with E-state index < -0.39 is 5.82 Å². The highest BCUT2D eigenvalue weighted by atomic mass is 35.5. The van der Waals surface area contributed by atoms with E-state index in [-0.39, 0.29) is 5.02 Å². The van der Waals surface area contributed by atoms with Crippen molar-refractivity contribution in [3.63, 3.8) is 0 Å². The van der Waals surface area contributed by atoms with Crippen molar-refractivity contribution in [1.82, 2.24) is 4.98 Å². The third kappa shape index (κ3) is 2.96. The van der Waals surface area contributed by atoms with Crippen molar-refractivity contribution in [2.45, 2.75) is 19.9 Å². The minimum absolute atomic E-state index is 0.119. The molecule has 0 radical (unpaired) electrons. The van der Waals surface area contributed by atoms with Gasteiger partial charge in [0, 0.05) is 17.0 Å². The van der Waals surface area contributed by atoms with Crippen molar-refractivity contribution in [3.05, 3.63) is 34.4 Å². The van der Waals surface area contributed by atoms with Crippen molar-refractivity contribution in [2.75, 3.05) is 5.32 Å². The highest BCUT2D eigenvalue weighted by Crippen LogP contribution is 2.28. The zero-order chi connectivity index (χ0) is 12.4. The highest BCUT2D eigenvalue weighted by molar-refractivity contribution is 7.14. The van der Waals surface area contributed by atoms with Crippen LogP contribution in [0.4, 0.5) is 9.52 Å². The van der Waals surface area contributed by atoms with E-state index in [1.807, 2.05) is 5.38 Å². The SMILES string of the molecule is CC(C)Nc1nc(-c2ccc(F)c(Cl)c2)cs1. The number of benzene rings is 1. The van der Waals surface area contributed by atoms with E-state index in [1.54, 1.807) is 12.1 Å². The second-order valence-corrected chi connectivity index (χ2v) is 5.23. The van der Waals surface area contributed by atoms with Crippen molar-refractivity contribution in [1.29, 1.82) is 0 Å². The number of hydrogen-bond donors (Lipinski definition) is 1. The maximum absolute atomic E-state index is 13.0. The molecule has 1 aromatic heterocycles. The van der Waals surface area contributed by atoms with Gasteiger partial charge in [0.15, 0.2) is 5.13 Å². The van der Waals surface area contributed by atoms with E-state index in [0.717, 1.165) is 16.4 Å². The molecule has 0 aliphatic carbocycles. The van der Waals surface area contributed by atoms with Crippen molar-refractivity contribution in [3.8, 4) is 11.3 Å². The zero-order valence-electron chi connectivity index (χ0n) is 9.50. The molecule has 0 spiro atoms. The fourth-order valence-electron chi connectivity index (χ4n) is 1.38. The van der Waals surface area contributed by atoms with Gasteiger partial charge in [-0.1, -0.05) is 11.6 Å². The molecule has 0 bridgehead atoms. The van der Waals surface area contributed by atoms with E-state index in [4.69, 9.17) is 11.6 Å². The number of nitrogens with one attached hydrogen (secondary N) is 1. The summed E-state index contributed by atoms with van der Waals surface area (Å²) in [6.45, 7) is 4.10. The Morgan fingerprint density at radius 1 is 1.41 bits per heavy atom. The quantitative estimate of drug-likeness (QED) is 0.893. The maximum atomic E-state index is 13.0. The summed E-state index contributed by atoms with van der Waals surface area (Å²) in [5.41, 5.74) is 1.63. The summed E-state index contributed by atoms with van der Waals surface area (Å²) < 4.78 is 13.0. The van der Waals surface area contributed by atoms with Gasteiger partial charge >= 0.3 is 0 Å². The zero-order valence-corrected chi connectivity index (χ0v) is 11.1.